The number of anilines is 12. The Morgan fingerprint density at radius 2 is 0.684 bits per heavy atom. The molecule has 8 aromatic rings. The zero-order chi connectivity index (χ0) is 57.4. The summed E-state index contributed by atoms with van der Waals surface area (Å²) in [5.41, 5.74) is 17.6. The van der Waals surface area contributed by atoms with E-state index in [2.05, 4.69) is 223 Å². The molecule has 4 atom stereocenters. The summed E-state index contributed by atoms with van der Waals surface area (Å²) in [5, 5.41) is 0. The first kappa shape index (κ1) is 47.8. The summed E-state index contributed by atoms with van der Waals surface area (Å²) in [4.78, 5) is 22.1. The molecule has 4 aliphatic heterocycles. The Morgan fingerprint density at radius 3 is 1.09 bits per heavy atom. The molecule has 0 spiro atoms. The van der Waals surface area contributed by atoms with E-state index < -0.39 is 13.0 Å². The molecule has 5 heterocycles. The topological polar surface area (TPSA) is 38.8 Å². The lowest BCUT2D eigenvalue weighted by atomic mass is 10.1. The molecule has 0 aliphatic carbocycles. The molecule has 392 valence electrons. The van der Waals surface area contributed by atoms with Crippen molar-refractivity contribution in [3.63, 3.8) is 0 Å². The molecule has 0 amide bonds. The third kappa shape index (κ3) is 9.91. The van der Waals surface area contributed by atoms with Gasteiger partial charge in [-0.2, -0.15) is 0 Å². The zero-order valence-corrected chi connectivity index (χ0v) is 46.8. The number of hydrogen-bond donors (Lipinski definition) is 0. The van der Waals surface area contributed by atoms with Crippen molar-refractivity contribution < 1.29 is 5.48 Å². The Kier molecular flexibility index (Phi) is 14.2. The lowest BCUT2D eigenvalue weighted by molar-refractivity contribution is 0.606. The zero-order valence-electron chi connectivity index (χ0n) is 50.8. The van der Waals surface area contributed by atoms with Crippen LogP contribution in [0, 0.1) is 27.7 Å². The van der Waals surface area contributed by atoms with Gasteiger partial charge in [-0.1, -0.05) is 109 Å². The van der Waals surface area contributed by atoms with Crippen LogP contribution in [-0.4, -0.2) is 55.7 Å². The van der Waals surface area contributed by atoms with Crippen LogP contribution in [0.2, 0.25) is 0 Å². The number of pyridine rings is 1. The molecule has 0 fully saturated rings. The van der Waals surface area contributed by atoms with Gasteiger partial charge in [-0.15, -0.1) is 0 Å². The average Bonchev–Trinajstić information content (AvgIpc) is 4.21. The summed E-state index contributed by atoms with van der Waals surface area (Å²) in [6.45, 7) is 23.3. The number of aromatic nitrogens is 1. The first-order valence-electron chi connectivity index (χ1n) is 28.8. The van der Waals surface area contributed by atoms with Crippen LogP contribution >= 0.6 is 0 Å². The molecule has 0 N–H and O–H groups in total. The predicted octanol–water partition coefficient (Wildman–Crippen LogP) is 16.7. The summed E-state index contributed by atoms with van der Waals surface area (Å²) in [7, 11) is 2.11. The summed E-state index contributed by atoms with van der Waals surface area (Å²) >= 11 is 0. The van der Waals surface area contributed by atoms with Gasteiger partial charge >= 0.3 is 0 Å². The van der Waals surface area contributed by atoms with E-state index in [1.165, 1.54) is 61.4 Å². The van der Waals surface area contributed by atoms with Gasteiger partial charge in [0.15, 0.2) is 5.82 Å². The van der Waals surface area contributed by atoms with Gasteiger partial charge < -0.3 is 39.2 Å². The molecule has 12 rings (SSSR count). The largest absolute Gasteiger partial charge is 0.353 e. The fourth-order valence-electron chi connectivity index (χ4n) is 11.6. The van der Waals surface area contributed by atoms with E-state index in [9.17, 15) is 0 Å². The highest BCUT2D eigenvalue weighted by Crippen LogP contribution is 2.48. The van der Waals surface area contributed by atoms with E-state index in [4.69, 9.17) is 5.48 Å². The smallest absolute Gasteiger partial charge is 0.158 e. The molecule has 0 unspecified atom stereocenters. The van der Waals surface area contributed by atoms with Crippen LogP contribution in [0.5, 0.6) is 0 Å². The highest BCUT2D eigenvalue weighted by atomic mass is 15.4. The van der Waals surface area contributed by atoms with Gasteiger partial charge in [0, 0.05) is 59.1 Å². The van der Waals surface area contributed by atoms with Gasteiger partial charge in [-0.25, -0.2) is 4.98 Å². The van der Waals surface area contributed by atoms with Gasteiger partial charge in [-0.3, -0.25) is 0 Å². The van der Waals surface area contributed by atoms with Crippen molar-refractivity contribution in [2.24, 2.45) is 0 Å². The second kappa shape index (κ2) is 22.5. The maximum atomic E-state index is 8.50. The molecule has 0 radical (unpaired) electrons. The van der Waals surface area contributed by atoms with E-state index >= 15 is 0 Å². The fourth-order valence-corrected chi connectivity index (χ4v) is 11.6. The van der Waals surface area contributed by atoms with Crippen molar-refractivity contribution in [3.8, 4) is 0 Å². The Balaban J connectivity index is 0.000000129. The van der Waals surface area contributed by atoms with Crippen molar-refractivity contribution in [3.05, 3.63) is 210 Å². The predicted molar refractivity (Wildman–Crippen MR) is 327 cm³/mol. The van der Waals surface area contributed by atoms with Crippen molar-refractivity contribution in [1.29, 1.82) is 0 Å². The van der Waals surface area contributed by atoms with Crippen LogP contribution in [0.1, 0.15) is 83.1 Å². The Labute approximate surface area is 460 Å². The SMILES string of the molecule is Cc1ccccc1N1c2ccccc2N(C(C)C)[C@@H]1C.Cc1ccccc1N1c2ncccc2N(C)[C@@H]1C.[2H]C(C)(C)N1c2ccccc2N(c2ccccc2C)[C@H]1C.[2H]C([2H])([2H])N1c2ccccc2N(c2ccccc2C)[C@H]1C. The summed E-state index contributed by atoms with van der Waals surface area (Å²) < 4.78 is 32.0. The Hall–Kier alpha value is -7.91. The van der Waals surface area contributed by atoms with Crippen molar-refractivity contribution in [1.82, 2.24) is 4.98 Å². The molecule has 1 aromatic heterocycles. The highest BCUT2D eigenvalue weighted by molar-refractivity contribution is 5.87. The minimum absolute atomic E-state index is 0.121. The molecular weight excluding hydrogens is 931 g/mol. The first-order valence-corrected chi connectivity index (χ1v) is 26.8. The number of fused-ring (bicyclic) bond motifs is 4. The quantitative estimate of drug-likeness (QED) is 0.162. The Bertz CT molecular complexity index is 3310. The molecule has 7 aromatic carbocycles. The second-order valence-electron chi connectivity index (χ2n) is 20.8. The number of benzene rings is 7. The third-order valence-corrected chi connectivity index (χ3v) is 15.3. The van der Waals surface area contributed by atoms with E-state index in [-0.39, 0.29) is 18.5 Å². The standard InChI is InChI=1S/2C18H22N2.C16H18N2.C15H17N3/c2*1-13(2)19-15(4)20(16-10-6-5-9-14(16)3)18-12-8-7-11-17(18)19;1-12-8-4-5-9-14(12)18-13(2)17(3)15-10-6-7-11-16(15)18;1-11-7-4-5-8-13(11)18-12(2)17(3)14-9-6-10-16-15(14)18/h2*5-13,15H,1-4H3;4-11,13H,1-3H3;4-10,12H,1-3H3/t2*15-;13-;12-/m0000/s1/i13D;;3D3;. The van der Waals surface area contributed by atoms with Crippen molar-refractivity contribution in [2.45, 2.75) is 120 Å². The maximum Gasteiger partial charge on any atom is 0.158 e. The number of rotatable bonds is 6. The molecule has 9 nitrogen and oxygen atoms in total. The monoisotopic (exact) mass is 1010 g/mol. The molecule has 4 aliphatic rings. The van der Waals surface area contributed by atoms with Crippen LogP contribution in [0.4, 0.5) is 68.4 Å². The van der Waals surface area contributed by atoms with Gasteiger partial charge in [0.2, 0.25) is 0 Å². The molecule has 0 saturated carbocycles. The minimum Gasteiger partial charge on any atom is -0.353 e. The number of hydrogen-bond acceptors (Lipinski definition) is 9. The van der Waals surface area contributed by atoms with Gasteiger partial charge in [0.05, 0.1) is 41.2 Å². The lowest BCUT2D eigenvalue weighted by Gasteiger charge is -2.33. The molecule has 9 heteroatoms. The maximum absolute atomic E-state index is 8.50. The minimum atomic E-state index is -2.16. The number of nitrogens with zero attached hydrogens (tertiary/aromatic N) is 9. The molecule has 0 bridgehead atoms. The number of aryl methyl sites for hydroxylation is 4. The van der Waals surface area contributed by atoms with Crippen molar-refractivity contribution >= 4 is 68.4 Å². The average molecular weight is 1010 g/mol. The van der Waals surface area contributed by atoms with Crippen LogP contribution in [0.25, 0.3) is 0 Å². The first-order chi connectivity index (χ1) is 38.1. The van der Waals surface area contributed by atoms with Crippen LogP contribution in [-0.2, 0) is 0 Å². The van der Waals surface area contributed by atoms with Gasteiger partial charge in [0.1, 0.15) is 24.7 Å². The van der Waals surface area contributed by atoms with E-state index in [0.717, 1.165) is 34.1 Å². The number of para-hydroxylation sites is 10. The van der Waals surface area contributed by atoms with Crippen molar-refractivity contribution in [2.75, 3.05) is 53.2 Å². The van der Waals surface area contributed by atoms with Crippen LogP contribution in [0.15, 0.2) is 188 Å². The summed E-state index contributed by atoms with van der Waals surface area (Å²) in [6, 6.07) is 62.2. The third-order valence-electron chi connectivity index (χ3n) is 15.3. The molecule has 0 saturated heterocycles. The fraction of sp³-hybridized carbons (Fsp3) is 0.299. The van der Waals surface area contributed by atoms with Gasteiger partial charge in [0.25, 0.3) is 0 Å². The lowest BCUT2D eigenvalue weighted by Crippen LogP contribution is -2.42. The summed E-state index contributed by atoms with van der Waals surface area (Å²) in [6.07, 6.45) is 2.35. The van der Waals surface area contributed by atoms with E-state index in [1.807, 2.05) is 94.6 Å². The molecule has 76 heavy (non-hydrogen) atoms. The van der Waals surface area contributed by atoms with E-state index in [1.54, 1.807) is 0 Å². The molecular formula is C67H79N9. The Morgan fingerprint density at radius 1 is 0.368 bits per heavy atom. The van der Waals surface area contributed by atoms with Gasteiger partial charge in [-0.05, 0) is 178 Å². The van der Waals surface area contributed by atoms with Crippen LogP contribution < -0.4 is 39.2 Å². The van der Waals surface area contributed by atoms with Crippen LogP contribution in [0.3, 0.4) is 0 Å². The highest BCUT2D eigenvalue weighted by Gasteiger charge is 2.38. The van der Waals surface area contributed by atoms with E-state index in [0.29, 0.717) is 12.2 Å². The summed E-state index contributed by atoms with van der Waals surface area (Å²) in [5.74, 6) is 1.04. The second-order valence-corrected chi connectivity index (χ2v) is 20.8. The normalized spacial score (nSPS) is 19.0.